The minimum absolute atomic E-state index is 0.0314. The molecule has 0 heterocycles. The fourth-order valence-electron chi connectivity index (χ4n) is 2.21. The summed E-state index contributed by atoms with van der Waals surface area (Å²) in [5, 5.41) is 0. The topological polar surface area (TPSA) is 50.4 Å². The number of nitrogens with zero attached hydrogens (tertiary/aromatic N) is 1. The Morgan fingerprint density at radius 3 is 2.33 bits per heavy atom. The Hall–Kier alpha value is -0.570. The van der Waals surface area contributed by atoms with Crippen LogP contribution in [0.25, 0.3) is 0 Å². The van der Waals surface area contributed by atoms with Gasteiger partial charge in [0.1, 0.15) is 5.84 Å². The number of amidine groups is 1. The van der Waals surface area contributed by atoms with Gasteiger partial charge >= 0.3 is 0 Å². The SMILES string of the molecule is CC(C)(C)N=C(CC1CCCCC1)NN. The summed E-state index contributed by atoms with van der Waals surface area (Å²) >= 11 is 0. The lowest BCUT2D eigenvalue weighted by Gasteiger charge is -2.23. The van der Waals surface area contributed by atoms with Crippen LogP contribution in [0.1, 0.15) is 59.3 Å². The highest BCUT2D eigenvalue weighted by molar-refractivity contribution is 5.82. The van der Waals surface area contributed by atoms with E-state index in [1.165, 1.54) is 32.1 Å². The Balaban J connectivity index is 2.48. The van der Waals surface area contributed by atoms with Gasteiger partial charge in [0.25, 0.3) is 0 Å². The van der Waals surface area contributed by atoms with Crippen molar-refractivity contribution in [1.82, 2.24) is 5.43 Å². The maximum atomic E-state index is 5.52. The first-order valence-electron chi connectivity index (χ1n) is 6.06. The lowest BCUT2D eigenvalue weighted by molar-refractivity contribution is 0.365. The van der Waals surface area contributed by atoms with Gasteiger partial charge in [-0.1, -0.05) is 32.1 Å². The lowest BCUT2D eigenvalue weighted by Crippen LogP contribution is -2.34. The molecule has 3 nitrogen and oxygen atoms in total. The van der Waals surface area contributed by atoms with E-state index in [1.54, 1.807) is 0 Å². The molecule has 0 bridgehead atoms. The summed E-state index contributed by atoms with van der Waals surface area (Å²) in [7, 11) is 0. The van der Waals surface area contributed by atoms with Crippen molar-refractivity contribution in [2.45, 2.75) is 64.8 Å². The molecular formula is C12H25N3. The van der Waals surface area contributed by atoms with E-state index < -0.39 is 0 Å². The molecular weight excluding hydrogens is 186 g/mol. The standard InChI is InChI=1S/C12H25N3/c1-12(2,3)14-11(15-13)9-10-7-5-4-6-8-10/h10H,4-9,13H2,1-3H3,(H,14,15). The summed E-state index contributed by atoms with van der Waals surface area (Å²) < 4.78 is 0. The largest absolute Gasteiger partial charge is 0.312 e. The predicted octanol–water partition coefficient (Wildman–Crippen LogP) is 2.62. The van der Waals surface area contributed by atoms with Crippen molar-refractivity contribution >= 4 is 5.84 Å². The average molecular weight is 211 g/mol. The number of rotatable bonds is 2. The minimum Gasteiger partial charge on any atom is -0.312 e. The summed E-state index contributed by atoms with van der Waals surface area (Å²) in [5.41, 5.74) is 2.72. The molecule has 1 fully saturated rings. The molecule has 15 heavy (non-hydrogen) atoms. The smallest absolute Gasteiger partial charge is 0.111 e. The quantitative estimate of drug-likeness (QED) is 0.319. The molecule has 3 heteroatoms. The molecule has 1 aliphatic carbocycles. The maximum Gasteiger partial charge on any atom is 0.111 e. The molecule has 1 aliphatic rings. The van der Waals surface area contributed by atoms with Crippen LogP contribution in [0.3, 0.4) is 0 Å². The third-order valence-electron chi connectivity index (χ3n) is 2.84. The van der Waals surface area contributed by atoms with Gasteiger partial charge in [-0.3, -0.25) is 4.99 Å². The van der Waals surface area contributed by atoms with Crippen molar-refractivity contribution < 1.29 is 0 Å². The van der Waals surface area contributed by atoms with Crippen molar-refractivity contribution in [3.8, 4) is 0 Å². The Kier molecular flexibility index (Phi) is 4.58. The molecule has 88 valence electrons. The fourth-order valence-corrected chi connectivity index (χ4v) is 2.21. The van der Waals surface area contributed by atoms with Gasteiger partial charge in [-0.2, -0.15) is 0 Å². The van der Waals surface area contributed by atoms with Crippen LogP contribution >= 0.6 is 0 Å². The zero-order chi connectivity index (χ0) is 11.3. The Bertz CT molecular complexity index is 209. The van der Waals surface area contributed by atoms with Crippen molar-refractivity contribution in [3.63, 3.8) is 0 Å². The highest BCUT2D eigenvalue weighted by Gasteiger charge is 2.17. The third-order valence-corrected chi connectivity index (χ3v) is 2.84. The van der Waals surface area contributed by atoms with Crippen LogP contribution in [0.5, 0.6) is 0 Å². The molecule has 0 saturated heterocycles. The number of nitrogens with one attached hydrogen (secondary N) is 1. The van der Waals surface area contributed by atoms with Crippen molar-refractivity contribution in [1.29, 1.82) is 0 Å². The number of hydrazine groups is 1. The average Bonchev–Trinajstić information content (AvgIpc) is 2.16. The van der Waals surface area contributed by atoms with Gasteiger partial charge in [0.05, 0.1) is 5.54 Å². The summed E-state index contributed by atoms with van der Waals surface area (Å²) in [4.78, 5) is 4.60. The first kappa shape index (κ1) is 12.5. The van der Waals surface area contributed by atoms with Crippen LogP contribution < -0.4 is 11.3 Å². The van der Waals surface area contributed by atoms with Gasteiger partial charge in [-0.25, -0.2) is 5.84 Å². The zero-order valence-corrected chi connectivity index (χ0v) is 10.3. The molecule has 0 aromatic heterocycles. The van der Waals surface area contributed by atoms with Gasteiger partial charge in [0.15, 0.2) is 0 Å². The second-order valence-electron chi connectivity index (χ2n) is 5.58. The molecule has 3 N–H and O–H groups in total. The van der Waals surface area contributed by atoms with Crippen LogP contribution in [0.2, 0.25) is 0 Å². The van der Waals surface area contributed by atoms with Gasteiger partial charge < -0.3 is 5.43 Å². The number of aliphatic imine (C=N–C) groups is 1. The molecule has 0 aromatic carbocycles. The molecule has 0 aliphatic heterocycles. The minimum atomic E-state index is -0.0314. The van der Waals surface area contributed by atoms with Gasteiger partial charge in [-0.05, 0) is 26.7 Å². The third kappa shape index (κ3) is 5.17. The van der Waals surface area contributed by atoms with Crippen molar-refractivity contribution in [2.24, 2.45) is 16.8 Å². The molecule has 0 aromatic rings. The van der Waals surface area contributed by atoms with Crippen molar-refractivity contribution in [3.05, 3.63) is 0 Å². The lowest BCUT2D eigenvalue weighted by atomic mass is 9.86. The highest BCUT2D eigenvalue weighted by atomic mass is 15.3. The van der Waals surface area contributed by atoms with E-state index in [4.69, 9.17) is 5.84 Å². The summed E-state index contributed by atoms with van der Waals surface area (Å²) in [6.45, 7) is 6.31. The molecule has 0 atom stereocenters. The first-order chi connectivity index (χ1) is 7.01. The molecule has 0 radical (unpaired) electrons. The summed E-state index contributed by atoms with van der Waals surface area (Å²) in [5.74, 6) is 7.27. The zero-order valence-electron chi connectivity index (χ0n) is 10.3. The van der Waals surface area contributed by atoms with Gasteiger partial charge in [0, 0.05) is 6.42 Å². The second-order valence-corrected chi connectivity index (χ2v) is 5.58. The molecule has 0 amide bonds. The molecule has 1 rings (SSSR count). The van der Waals surface area contributed by atoms with E-state index in [0.29, 0.717) is 0 Å². The maximum absolute atomic E-state index is 5.52. The van der Waals surface area contributed by atoms with Crippen LogP contribution in [0.4, 0.5) is 0 Å². The van der Waals surface area contributed by atoms with Crippen LogP contribution in [-0.2, 0) is 0 Å². The van der Waals surface area contributed by atoms with E-state index in [9.17, 15) is 0 Å². The van der Waals surface area contributed by atoms with Crippen LogP contribution in [0.15, 0.2) is 4.99 Å². The van der Waals surface area contributed by atoms with Gasteiger partial charge in [-0.15, -0.1) is 0 Å². The second kappa shape index (κ2) is 5.50. The van der Waals surface area contributed by atoms with E-state index >= 15 is 0 Å². The summed E-state index contributed by atoms with van der Waals surface area (Å²) in [6, 6.07) is 0. The highest BCUT2D eigenvalue weighted by Crippen LogP contribution is 2.26. The van der Waals surface area contributed by atoms with Gasteiger partial charge in [0.2, 0.25) is 0 Å². The van der Waals surface area contributed by atoms with Crippen molar-refractivity contribution in [2.75, 3.05) is 0 Å². The number of hydrogen-bond donors (Lipinski definition) is 2. The number of hydrogen-bond acceptors (Lipinski definition) is 2. The van der Waals surface area contributed by atoms with E-state index in [2.05, 4.69) is 31.2 Å². The summed E-state index contributed by atoms with van der Waals surface area (Å²) in [6.07, 6.45) is 7.85. The van der Waals surface area contributed by atoms with E-state index in [-0.39, 0.29) is 5.54 Å². The predicted molar refractivity (Wildman–Crippen MR) is 65.7 cm³/mol. The number of nitrogens with two attached hydrogens (primary N) is 1. The Labute approximate surface area is 93.5 Å². The molecule has 0 spiro atoms. The fraction of sp³-hybridized carbons (Fsp3) is 0.917. The van der Waals surface area contributed by atoms with E-state index in [1.807, 2.05) is 0 Å². The molecule has 0 unspecified atom stereocenters. The Morgan fingerprint density at radius 1 is 1.27 bits per heavy atom. The van der Waals surface area contributed by atoms with Crippen LogP contribution in [-0.4, -0.2) is 11.4 Å². The van der Waals surface area contributed by atoms with Crippen LogP contribution in [0, 0.1) is 5.92 Å². The monoisotopic (exact) mass is 211 g/mol. The normalized spacial score (nSPS) is 20.4. The van der Waals surface area contributed by atoms with E-state index in [0.717, 1.165) is 18.2 Å². The Morgan fingerprint density at radius 2 is 1.87 bits per heavy atom. The molecule has 1 saturated carbocycles. The first-order valence-corrected chi connectivity index (χ1v) is 6.06.